The molecule has 0 aromatic rings. The smallest absolute Gasteiger partial charge is 0.322 e. The maximum atomic E-state index is 12.8. The van der Waals surface area contributed by atoms with E-state index in [1.54, 1.807) is 6.92 Å². The number of hydrogen-bond donors (Lipinski definition) is 1. The van der Waals surface area contributed by atoms with Crippen molar-refractivity contribution < 1.29 is 18.3 Å². The number of rotatable bonds is 8. The Bertz CT molecular complexity index is 434. The molecule has 0 aliphatic carbocycles. The summed E-state index contributed by atoms with van der Waals surface area (Å²) in [4.78, 5) is 11.3. The maximum absolute atomic E-state index is 12.8. The van der Waals surface area contributed by atoms with Crippen molar-refractivity contribution in [3.05, 3.63) is 0 Å². The van der Waals surface area contributed by atoms with Gasteiger partial charge >= 0.3 is 5.97 Å². The molecule has 6 nitrogen and oxygen atoms in total. The lowest BCUT2D eigenvalue weighted by molar-refractivity contribution is -0.142. The van der Waals surface area contributed by atoms with Crippen molar-refractivity contribution in [3.8, 4) is 0 Å². The molecule has 21 heavy (non-hydrogen) atoms. The zero-order valence-corrected chi connectivity index (χ0v) is 14.1. The van der Waals surface area contributed by atoms with Crippen molar-refractivity contribution >= 4 is 16.2 Å². The molecule has 1 heterocycles. The van der Waals surface area contributed by atoms with Crippen molar-refractivity contribution in [1.82, 2.24) is 8.61 Å². The molecule has 1 aliphatic heterocycles. The summed E-state index contributed by atoms with van der Waals surface area (Å²) in [5.74, 6) is -0.732. The lowest BCUT2D eigenvalue weighted by Crippen LogP contribution is -2.54. The van der Waals surface area contributed by atoms with Crippen molar-refractivity contribution in [3.63, 3.8) is 0 Å². The van der Waals surface area contributed by atoms with Gasteiger partial charge in [0, 0.05) is 19.6 Å². The molecule has 1 fully saturated rings. The predicted molar refractivity (Wildman–Crippen MR) is 82.2 cm³/mol. The van der Waals surface area contributed by atoms with Crippen LogP contribution >= 0.6 is 0 Å². The number of carboxylic acid groups (broad SMARTS) is 1. The lowest BCUT2D eigenvalue weighted by atomic mass is 10.0. The minimum Gasteiger partial charge on any atom is -0.480 e. The summed E-state index contributed by atoms with van der Waals surface area (Å²) in [5, 5.41) is 9.28. The van der Waals surface area contributed by atoms with Crippen LogP contribution < -0.4 is 0 Å². The van der Waals surface area contributed by atoms with E-state index in [0.717, 1.165) is 25.7 Å². The highest BCUT2D eigenvalue weighted by Gasteiger charge is 2.39. The first kappa shape index (κ1) is 18.4. The number of aliphatic carboxylic acids is 1. The number of piperidine rings is 1. The second-order valence-corrected chi connectivity index (χ2v) is 7.48. The van der Waals surface area contributed by atoms with Crippen LogP contribution in [0.15, 0.2) is 0 Å². The van der Waals surface area contributed by atoms with Gasteiger partial charge in [0.05, 0.1) is 0 Å². The quantitative estimate of drug-likeness (QED) is 0.741. The molecule has 0 amide bonds. The van der Waals surface area contributed by atoms with E-state index in [1.165, 1.54) is 8.61 Å². The van der Waals surface area contributed by atoms with Gasteiger partial charge in [0.15, 0.2) is 0 Å². The van der Waals surface area contributed by atoms with Gasteiger partial charge in [-0.2, -0.15) is 17.0 Å². The summed E-state index contributed by atoms with van der Waals surface area (Å²) in [7, 11) is -3.70. The third-order valence-corrected chi connectivity index (χ3v) is 6.42. The van der Waals surface area contributed by atoms with E-state index in [-0.39, 0.29) is 0 Å². The van der Waals surface area contributed by atoms with E-state index >= 15 is 0 Å². The molecule has 0 radical (unpaired) electrons. The molecule has 0 aromatic heterocycles. The summed E-state index contributed by atoms with van der Waals surface area (Å²) in [5.41, 5.74) is 0. The zero-order chi connectivity index (χ0) is 16.0. The zero-order valence-electron chi connectivity index (χ0n) is 13.3. The average molecular weight is 320 g/mol. The first-order valence-electron chi connectivity index (χ1n) is 7.88. The normalized spacial score (nSPS) is 21.1. The van der Waals surface area contributed by atoms with Crippen LogP contribution in [0.1, 0.15) is 52.9 Å². The summed E-state index contributed by atoms with van der Waals surface area (Å²) in [6.07, 6.45) is 3.74. The van der Waals surface area contributed by atoms with Gasteiger partial charge in [-0.05, 0) is 25.2 Å². The van der Waals surface area contributed by atoms with Crippen LogP contribution in [0.25, 0.3) is 0 Å². The van der Waals surface area contributed by atoms with Crippen molar-refractivity contribution in [2.45, 2.75) is 58.9 Å². The van der Waals surface area contributed by atoms with E-state index in [4.69, 9.17) is 0 Å². The Hall–Kier alpha value is -0.660. The highest BCUT2D eigenvalue weighted by molar-refractivity contribution is 7.86. The third kappa shape index (κ3) is 4.40. The number of carboxylic acids is 1. The Morgan fingerprint density at radius 3 is 2.38 bits per heavy atom. The first-order valence-corrected chi connectivity index (χ1v) is 9.27. The van der Waals surface area contributed by atoms with Crippen molar-refractivity contribution in [2.24, 2.45) is 5.92 Å². The van der Waals surface area contributed by atoms with E-state index < -0.39 is 22.2 Å². The Morgan fingerprint density at radius 1 is 1.29 bits per heavy atom. The second kappa shape index (κ2) is 8.10. The molecule has 1 rings (SSSR count). The number of nitrogens with zero attached hydrogens (tertiary/aromatic N) is 2. The highest BCUT2D eigenvalue weighted by Crippen LogP contribution is 2.24. The van der Waals surface area contributed by atoms with Crippen LogP contribution in [0.5, 0.6) is 0 Å². The van der Waals surface area contributed by atoms with Crippen LogP contribution in [0.3, 0.4) is 0 Å². The first-order chi connectivity index (χ1) is 9.88. The predicted octanol–water partition coefficient (Wildman–Crippen LogP) is 1.93. The molecule has 1 unspecified atom stereocenters. The van der Waals surface area contributed by atoms with E-state index in [1.807, 2.05) is 0 Å². The number of carbonyl (C=O) groups is 1. The molecule has 124 valence electrons. The topological polar surface area (TPSA) is 77.9 Å². The maximum Gasteiger partial charge on any atom is 0.322 e. The molecular formula is C14H28N2O4S. The second-order valence-electron chi connectivity index (χ2n) is 5.60. The van der Waals surface area contributed by atoms with Gasteiger partial charge in [0.25, 0.3) is 10.2 Å². The molecular weight excluding hydrogens is 292 g/mol. The van der Waals surface area contributed by atoms with Gasteiger partial charge in [-0.25, -0.2) is 0 Å². The van der Waals surface area contributed by atoms with Gasteiger partial charge < -0.3 is 5.11 Å². The van der Waals surface area contributed by atoms with Crippen LogP contribution in [0.2, 0.25) is 0 Å². The fourth-order valence-electron chi connectivity index (χ4n) is 2.80. The molecule has 1 N–H and O–H groups in total. The summed E-state index contributed by atoms with van der Waals surface area (Å²) in [6.45, 7) is 7.06. The average Bonchev–Trinajstić information content (AvgIpc) is 2.48. The highest BCUT2D eigenvalue weighted by atomic mass is 32.2. The third-order valence-electron chi connectivity index (χ3n) is 4.33. The minimum absolute atomic E-state index is 0.304. The standard InChI is InChI=1S/C14H28N2O4S/c1-4-12(5-2)11-15(6-3)21(19,20)16-10-8-7-9-13(16)14(17)18/h12-13H,4-11H2,1-3H3,(H,17,18). The molecule has 0 spiro atoms. The van der Waals surface area contributed by atoms with E-state index in [0.29, 0.717) is 32.0 Å². The monoisotopic (exact) mass is 320 g/mol. The molecule has 0 saturated carbocycles. The van der Waals surface area contributed by atoms with Gasteiger partial charge in [0.1, 0.15) is 6.04 Å². The summed E-state index contributed by atoms with van der Waals surface area (Å²) in [6, 6.07) is -0.917. The van der Waals surface area contributed by atoms with Gasteiger partial charge in [-0.1, -0.05) is 33.6 Å². The van der Waals surface area contributed by atoms with Crippen molar-refractivity contribution in [1.29, 1.82) is 0 Å². The minimum atomic E-state index is -3.70. The Kier molecular flexibility index (Phi) is 7.09. The molecule has 0 aromatic carbocycles. The number of hydrogen-bond acceptors (Lipinski definition) is 3. The molecule has 1 aliphatic rings. The summed E-state index contributed by atoms with van der Waals surface area (Å²) >= 11 is 0. The Labute approximate surface area is 128 Å². The van der Waals surface area contributed by atoms with Crippen molar-refractivity contribution in [2.75, 3.05) is 19.6 Å². The molecule has 0 bridgehead atoms. The van der Waals surface area contributed by atoms with Gasteiger partial charge in [0.2, 0.25) is 0 Å². The fourth-order valence-corrected chi connectivity index (χ4v) is 4.70. The molecule has 7 heteroatoms. The Balaban J connectivity index is 2.96. The lowest BCUT2D eigenvalue weighted by Gasteiger charge is -2.36. The van der Waals surface area contributed by atoms with Gasteiger partial charge in [-0.15, -0.1) is 0 Å². The van der Waals surface area contributed by atoms with E-state index in [2.05, 4.69) is 13.8 Å². The SMILES string of the molecule is CCC(CC)CN(CC)S(=O)(=O)N1CCCCC1C(=O)O. The molecule has 1 atom stereocenters. The fraction of sp³-hybridized carbons (Fsp3) is 0.929. The van der Waals surface area contributed by atoms with E-state index in [9.17, 15) is 18.3 Å². The summed E-state index contributed by atoms with van der Waals surface area (Å²) < 4.78 is 28.2. The Morgan fingerprint density at radius 2 is 1.90 bits per heavy atom. The van der Waals surface area contributed by atoms with Crippen LogP contribution in [0.4, 0.5) is 0 Å². The van der Waals surface area contributed by atoms with Gasteiger partial charge in [-0.3, -0.25) is 4.79 Å². The largest absolute Gasteiger partial charge is 0.480 e. The van der Waals surface area contributed by atoms with Crippen LogP contribution in [0, 0.1) is 5.92 Å². The molecule has 1 saturated heterocycles. The van der Waals surface area contributed by atoms with Crippen LogP contribution in [-0.4, -0.2) is 53.8 Å². The van der Waals surface area contributed by atoms with Crippen LogP contribution in [-0.2, 0) is 15.0 Å².